The second kappa shape index (κ2) is 6.89. The molecule has 2 aromatic carbocycles. The molecule has 0 unspecified atom stereocenters. The van der Waals surface area contributed by atoms with Crippen LogP contribution in [0.5, 0.6) is 0 Å². The Morgan fingerprint density at radius 1 is 0.913 bits per heavy atom. The number of benzene rings is 2. The molecule has 0 aliphatic carbocycles. The minimum atomic E-state index is -0.354. The van der Waals surface area contributed by atoms with Crippen LogP contribution < -0.4 is 0 Å². The summed E-state index contributed by atoms with van der Waals surface area (Å²) < 4.78 is 6.48. The first-order valence-corrected chi connectivity index (χ1v) is 7.87. The van der Waals surface area contributed by atoms with Gasteiger partial charge in [0.1, 0.15) is 26.2 Å². The summed E-state index contributed by atoms with van der Waals surface area (Å²) in [6, 6.07) is 17.4. The molecule has 2 aromatic rings. The summed E-state index contributed by atoms with van der Waals surface area (Å²) in [6.07, 6.45) is 0. The third-order valence-electron chi connectivity index (χ3n) is 4.45. The average Bonchev–Trinajstić information content (AvgIpc) is 2.57. The van der Waals surface area contributed by atoms with Crippen molar-refractivity contribution in [2.24, 2.45) is 0 Å². The molecule has 3 rings (SSSR count). The van der Waals surface area contributed by atoms with E-state index in [0.29, 0.717) is 0 Å². The number of nitro groups is 1. The van der Waals surface area contributed by atoms with Gasteiger partial charge in [-0.1, -0.05) is 30.3 Å². The topological polar surface area (TPSA) is 52.4 Å². The first-order chi connectivity index (χ1) is 11.2. The van der Waals surface area contributed by atoms with E-state index in [-0.39, 0.29) is 10.6 Å². The van der Waals surface area contributed by atoms with Crippen LogP contribution in [0.1, 0.15) is 11.1 Å². The van der Waals surface area contributed by atoms with Crippen molar-refractivity contribution in [2.45, 2.75) is 13.1 Å². The maximum Gasteiger partial charge on any atom is 0.269 e. The van der Waals surface area contributed by atoms with Crippen molar-refractivity contribution in [2.75, 3.05) is 26.3 Å². The Hall–Kier alpha value is -2.24. The molecule has 0 atom stereocenters. The Balaban J connectivity index is 1.80. The minimum absolute atomic E-state index is 0.144. The molecule has 0 N–H and O–H groups in total. The van der Waals surface area contributed by atoms with Crippen LogP contribution in [0.4, 0.5) is 5.69 Å². The van der Waals surface area contributed by atoms with Gasteiger partial charge in [-0.3, -0.25) is 10.1 Å². The van der Waals surface area contributed by atoms with Crippen molar-refractivity contribution >= 4 is 5.69 Å². The van der Waals surface area contributed by atoms with Crippen LogP contribution in [-0.4, -0.2) is 35.7 Å². The van der Waals surface area contributed by atoms with Gasteiger partial charge >= 0.3 is 0 Å². The Morgan fingerprint density at radius 3 is 2.04 bits per heavy atom. The van der Waals surface area contributed by atoms with Gasteiger partial charge in [0, 0.05) is 23.3 Å². The zero-order valence-electron chi connectivity index (χ0n) is 13.1. The lowest BCUT2D eigenvalue weighted by atomic mass is 10.1. The van der Waals surface area contributed by atoms with Gasteiger partial charge < -0.3 is 9.22 Å². The summed E-state index contributed by atoms with van der Waals surface area (Å²) in [5.41, 5.74) is 2.59. The number of hydrogen-bond donors (Lipinski definition) is 0. The SMILES string of the molecule is O=[N+]([O-])c1ccc(C[N+]2(Cc3ccccc3)CCOCC2)cc1. The lowest BCUT2D eigenvalue weighted by Gasteiger charge is -2.41. The van der Waals surface area contributed by atoms with Gasteiger partial charge in [0.2, 0.25) is 0 Å². The maximum atomic E-state index is 10.8. The van der Waals surface area contributed by atoms with Gasteiger partial charge in [0.25, 0.3) is 5.69 Å². The number of morpholine rings is 1. The van der Waals surface area contributed by atoms with Crippen LogP contribution >= 0.6 is 0 Å². The average molecular weight is 313 g/mol. The van der Waals surface area contributed by atoms with Crippen LogP contribution in [0.3, 0.4) is 0 Å². The molecule has 120 valence electrons. The Kier molecular flexibility index (Phi) is 4.69. The first kappa shape index (κ1) is 15.6. The molecule has 1 fully saturated rings. The van der Waals surface area contributed by atoms with Crippen LogP contribution in [0.2, 0.25) is 0 Å². The van der Waals surface area contributed by atoms with Gasteiger partial charge in [-0.2, -0.15) is 0 Å². The summed E-state index contributed by atoms with van der Waals surface area (Å²) in [4.78, 5) is 10.4. The molecule has 1 saturated heterocycles. The lowest BCUT2D eigenvalue weighted by molar-refractivity contribution is -0.960. The molecule has 5 nitrogen and oxygen atoms in total. The fraction of sp³-hybridized carbons (Fsp3) is 0.333. The molecule has 0 bridgehead atoms. The summed E-state index contributed by atoms with van der Waals surface area (Å²) in [6.45, 7) is 5.29. The highest BCUT2D eigenvalue weighted by molar-refractivity contribution is 5.32. The quantitative estimate of drug-likeness (QED) is 0.484. The van der Waals surface area contributed by atoms with E-state index < -0.39 is 0 Å². The van der Waals surface area contributed by atoms with Gasteiger partial charge in [-0.25, -0.2) is 0 Å². The maximum absolute atomic E-state index is 10.8. The zero-order chi connectivity index (χ0) is 16.1. The zero-order valence-corrected chi connectivity index (χ0v) is 13.1. The second-order valence-corrected chi connectivity index (χ2v) is 6.13. The number of quaternary nitrogens is 1. The van der Waals surface area contributed by atoms with Crippen molar-refractivity contribution in [1.82, 2.24) is 0 Å². The number of nitrogens with zero attached hydrogens (tertiary/aromatic N) is 2. The van der Waals surface area contributed by atoms with Crippen LogP contribution in [0.25, 0.3) is 0 Å². The van der Waals surface area contributed by atoms with Gasteiger partial charge in [0.05, 0.1) is 18.1 Å². The monoisotopic (exact) mass is 313 g/mol. The minimum Gasteiger partial charge on any atom is -0.370 e. The highest BCUT2D eigenvalue weighted by atomic mass is 16.6. The number of nitro benzene ring substituents is 1. The molecular weight excluding hydrogens is 292 g/mol. The van der Waals surface area contributed by atoms with E-state index in [0.717, 1.165) is 49.4 Å². The predicted molar refractivity (Wildman–Crippen MR) is 87.8 cm³/mol. The van der Waals surface area contributed by atoms with Crippen molar-refractivity contribution in [3.8, 4) is 0 Å². The third kappa shape index (κ3) is 3.94. The fourth-order valence-electron chi connectivity index (χ4n) is 3.18. The Bertz CT molecular complexity index is 650. The molecule has 5 heteroatoms. The Morgan fingerprint density at radius 2 is 1.48 bits per heavy atom. The molecule has 1 aliphatic heterocycles. The van der Waals surface area contributed by atoms with Crippen molar-refractivity contribution in [3.05, 3.63) is 75.8 Å². The summed E-state index contributed by atoms with van der Waals surface area (Å²) in [5.74, 6) is 0. The van der Waals surface area contributed by atoms with Crippen LogP contribution in [0, 0.1) is 10.1 Å². The number of ether oxygens (including phenoxy) is 1. The van der Waals surface area contributed by atoms with E-state index in [1.807, 2.05) is 18.2 Å². The van der Waals surface area contributed by atoms with Crippen molar-refractivity contribution in [3.63, 3.8) is 0 Å². The molecular formula is C18H21N2O3+. The van der Waals surface area contributed by atoms with Gasteiger partial charge in [-0.05, 0) is 12.1 Å². The van der Waals surface area contributed by atoms with E-state index >= 15 is 0 Å². The largest absolute Gasteiger partial charge is 0.370 e. The molecule has 0 amide bonds. The van der Waals surface area contributed by atoms with E-state index in [1.54, 1.807) is 12.1 Å². The van der Waals surface area contributed by atoms with Gasteiger partial charge in [0.15, 0.2) is 0 Å². The highest BCUT2D eigenvalue weighted by Crippen LogP contribution is 2.23. The molecule has 1 aliphatic rings. The molecule has 1 heterocycles. The number of non-ortho nitro benzene ring substituents is 1. The molecule has 23 heavy (non-hydrogen) atoms. The Labute approximate surface area is 135 Å². The predicted octanol–water partition coefficient (Wildman–Crippen LogP) is 3.14. The van der Waals surface area contributed by atoms with Crippen LogP contribution in [0.15, 0.2) is 54.6 Å². The number of rotatable bonds is 5. The summed E-state index contributed by atoms with van der Waals surface area (Å²) in [5, 5.41) is 10.8. The third-order valence-corrected chi connectivity index (χ3v) is 4.45. The summed E-state index contributed by atoms with van der Waals surface area (Å²) in [7, 11) is 0. The molecule has 0 radical (unpaired) electrons. The fourth-order valence-corrected chi connectivity index (χ4v) is 3.18. The van der Waals surface area contributed by atoms with E-state index in [2.05, 4.69) is 24.3 Å². The smallest absolute Gasteiger partial charge is 0.269 e. The molecule has 0 aromatic heterocycles. The van der Waals surface area contributed by atoms with E-state index in [4.69, 9.17) is 4.74 Å². The molecule has 0 spiro atoms. The van der Waals surface area contributed by atoms with Crippen LogP contribution in [-0.2, 0) is 17.8 Å². The molecule has 0 saturated carbocycles. The van der Waals surface area contributed by atoms with Crippen molar-refractivity contribution < 1.29 is 14.1 Å². The first-order valence-electron chi connectivity index (χ1n) is 7.87. The lowest BCUT2D eigenvalue weighted by Crippen LogP contribution is -2.53. The normalized spacial score (nSPS) is 16.9. The number of hydrogen-bond acceptors (Lipinski definition) is 3. The highest BCUT2D eigenvalue weighted by Gasteiger charge is 2.31. The van der Waals surface area contributed by atoms with Crippen molar-refractivity contribution in [1.29, 1.82) is 0 Å². The van der Waals surface area contributed by atoms with Gasteiger partial charge in [-0.15, -0.1) is 0 Å². The van der Waals surface area contributed by atoms with E-state index in [1.165, 1.54) is 5.56 Å². The van der Waals surface area contributed by atoms with E-state index in [9.17, 15) is 10.1 Å². The second-order valence-electron chi connectivity index (χ2n) is 6.13. The standard InChI is InChI=1S/C18H21N2O3/c21-19(22)18-8-6-17(7-9-18)15-20(10-12-23-13-11-20)14-16-4-2-1-3-5-16/h1-9H,10-15H2/q+1. The summed E-state index contributed by atoms with van der Waals surface area (Å²) >= 11 is 0.